The first-order valence-corrected chi connectivity index (χ1v) is 9.93. The molecule has 162 valence electrons. The van der Waals surface area contributed by atoms with Crippen molar-refractivity contribution >= 4 is 23.1 Å². The number of ether oxygens (including phenoxy) is 3. The average Bonchev–Trinajstić information content (AvgIpc) is 3.12. The maximum absolute atomic E-state index is 12.5. The summed E-state index contributed by atoms with van der Waals surface area (Å²) in [5.41, 5.74) is 0.782. The third-order valence-electron chi connectivity index (χ3n) is 4.69. The quantitative estimate of drug-likeness (QED) is 0.497. The smallest absolute Gasteiger partial charge is 0.190 e. The molecular weight excluding hydrogens is 378 g/mol. The van der Waals surface area contributed by atoms with Crippen LogP contribution in [-0.2, 0) is 19.0 Å². The molecule has 2 heterocycles. The van der Waals surface area contributed by atoms with E-state index in [2.05, 4.69) is 9.98 Å². The van der Waals surface area contributed by atoms with Crippen LogP contribution in [0, 0.1) is 5.92 Å². The number of nitrogens with zero attached hydrogens (tertiary/aromatic N) is 3. The van der Waals surface area contributed by atoms with Gasteiger partial charge in [0.15, 0.2) is 23.5 Å². The van der Waals surface area contributed by atoms with Gasteiger partial charge < -0.3 is 19.3 Å². The first-order valence-electron chi connectivity index (χ1n) is 9.93. The zero-order chi connectivity index (χ0) is 21.4. The minimum atomic E-state index is -0.628. The summed E-state index contributed by atoms with van der Waals surface area (Å²) in [6.07, 6.45) is 1.31. The fourth-order valence-electron chi connectivity index (χ4n) is 2.84. The van der Waals surface area contributed by atoms with Crippen molar-refractivity contribution < 1.29 is 28.9 Å². The molecule has 1 aromatic heterocycles. The highest BCUT2D eigenvalue weighted by Gasteiger charge is 2.29. The number of fused-ring (bicyclic) bond motifs is 1. The van der Waals surface area contributed by atoms with E-state index in [1.165, 1.54) is 6.33 Å². The number of aromatic nitrogens is 2. The van der Waals surface area contributed by atoms with Gasteiger partial charge in [-0.1, -0.05) is 20.8 Å². The molecular formula is C20H31N3O6. The molecule has 0 aliphatic carbocycles. The SMILES string of the molecule is CC[C@H](CO)O[C@H](COCCOC)n1cnc2c1N=C(CC(=O)C(C)C)CC2=O. The van der Waals surface area contributed by atoms with Crippen LogP contribution < -0.4 is 0 Å². The minimum absolute atomic E-state index is 0.0353. The Balaban J connectivity index is 2.29. The van der Waals surface area contributed by atoms with Crippen LogP contribution in [0.5, 0.6) is 0 Å². The molecule has 0 unspecified atom stereocenters. The number of ketones is 2. The van der Waals surface area contributed by atoms with E-state index in [0.717, 1.165) is 0 Å². The largest absolute Gasteiger partial charge is 0.394 e. The minimum Gasteiger partial charge on any atom is -0.394 e. The first-order chi connectivity index (χ1) is 13.9. The second kappa shape index (κ2) is 11.3. The van der Waals surface area contributed by atoms with E-state index in [-0.39, 0.29) is 49.2 Å². The Morgan fingerprint density at radius 3 is 2.72 bits per heavy atom. The summed E-state index contributed by atoms with van der Waals surface area (Å²) < 4.78 is 18.2. The zero-order valence-corrected chi connectivity index (χ0v) is 17.6. The Bertz CT molecular complexity index is 724. The summed E-state index contributed by atoms with van der Waals surface area (Å²) in [5, 5.41) is 9.53. The number of carbonyl (C=O) groups excluding carboxylic acids is 2. The predicted molar refractivity (Wildman–Crippen MR) is 107 cm³/mol. The van der Waals surface area contributed by atoms with Gasteiger partial charge in [0, 0.05) is 25.2 Å². The third-order valence-corrected chi connectivity index (χ3v) is 4.69. The van der Waals surface area contributed by atoms with Crippen LogP contribution in [0.15, 0.2) is 11.3 Å². The molecule has 0 radical (unpaired) electrons. The van der Waals surface area contributed by atoms with Crippen molar-refractivity contribution in [3.8, 4) is 0 Å². The van der Waals surface area contributed by atoms with E-state index in [1.807, 2.05) is 20.8 Å². The van der Waals surface area contributed by atoms with Crippen molar-refractivity contribution in [2.75, 3.05) is 33.5 Å². The van der Waals surface area contributed by atoms with E-state index < -0.39 is 12.3 Å². The fraction of sp³-hybridized carbons (Fsp3) is 0.700. The molecule has 1 aromatic rings. The lowest BCUT2D eigenvalue weighted by molar-refractivity contribution is -0.120. The number of hydrogen-bond acceptors (Lipinski definition) is 8. The Morgan fingerprint density at radius 1 is 1.34 bits per heavy atom. The van der Waals surface area contributed by atoms with Crippen LogP contribution in [0.1, 0.15) is 56.8 Å². The molecule has 2 rings (SSSR count). The maximum Gasteiger partial charge on any atom is 0.190 e. The van der Waals surface area contributed by atoms with Crippen molar-refractivity contribution in [3.05, 3.63) is 12.0 Å². The highest BCUT2D eigenvalue weighted by molar-refractivity contribution is 6.18. The van der Waals surface area contributed by atoms with Gasteiger partial charge in [-0.25, -0.2) is 9.98 Å². The summed E-state index contributed by atoms with van der Waals surface area (Å²) in [7, 11) is 1.59. The van der Waals surface area contributed by atoms with Gasteiger partial charge in [-0.05, 0) is 6.42 Å². The molecule has 1 aliphatic rings. The molecule has 0 spiro atoms. The van der Waals surface area contributed by atoms with E-state index in [1.54, 1.807) is 11.7 Å². The van der Waals surface area contributed by atoms with E-state index >= 15 is 0 Å². The normalized spacial score (nSPS) is 15.9. The average molecular weight is 409 g/mol. The summed E-state index contributed by atoms with van der Waals surface area (Å²) in [6.45, 7) is 6.40. The second-order valence-corrected chi connectivity index (χ2v) is 7.27. The molecule has 29 heavy (non-hydrogen) atoms. The van der Waals surface area contributed by atoms with Gasteiger partial charge in [0.25, 0.3) is 0 Å². The molecule has 0 saturated heterocycles. The standard InChI is InChI=1S/C20H31N3O6/c1-5-15(10-24)29-18(11-28-7-6-27-4)23-12-21-19-17(26)9-14(22-20(19)23)8-16(25)13(2)3/h12-13,15,18,24H,5-11H2,1-4H3/t15-,18-/m1/s1. The van der Waals surface area contributed by atoms with Crippen molar-refractivity contribution in [1.29, 1.82) is 0 Å². The molecule has 1 N–H and O–H groups in total. The van der Waals surface area contributed by atoms with Gasteiger partial charge >= 0.3 is 0 Å². The summed E-state index contributed by atoms with van der Waals surface area (Å²) >= 11 is 0. The lowest BCUT2D eigenvalue weighted by Gasteiger charge is -2.25. The van der Waals surface area contributed by atoms with Crippen molar-refractivity contribution in [3.63, 3.8) is 0 Å². The topological polar surface area (TPSA) is 112 Å². The number of aliphatic imine (C=N–C) groups is 1. The van der Waals surface area contributed by atoms with Crippen LogP contribution in [0.2, 0.25) is 0 Å². The molecule has 0 fully saturated rings. The highest BCUT2D eigenvalue weighted by atomic mass is 16.6. The second-order valence-electron chi connectivity index (χ2n) is 7.27. The van der Waals surface area contributed by atoms with Gasteiger partial charge in [-0.15, -0.1) is 0 Å². The number of aliphatic hydroxyl groups excluding tert-OH is 1. The molecule has 9 nitrogen and oxygen atoms in total. The van der Waals surface area contributed by atoms with Crippen LogP contribution in [0.25, 0.3) is 0 Å². The summed E-state index contributed by atoms with van der Waals surface area (Å²) in [4.78, 5) is 33.4. The molecule has 2 atom stereocenters. The molecule has 1 aliphatic heterocycles. The molecule has 0 bridgehead atoms. The summed E-state index contributed by atoms with van der Waals surface area (Å²) in [6, 6.07) is 0. The number of aliphatic hydroxyl groups is 1. The number of rotatable bonds is 13. The van der Waals surface area contributed by atoms with Crippen molar-refractivity contribution in [2.24, 2.45) is 10.9 Å². The highest BCUT2D eigenvalue weighted by Crippen LogP contribution is 2.30. The first kappa shape index (κ1) is 23.3. The third kappa shape index (κ3) is 6.27. The van der Waals surface area contributed by atoms with Crippen molar-refractivity contribution in [2.45, 2.75) is 52.4 Å². The van der Waals surface area contributed by atoms with Crippen LogP contribution in [0.3, 0.4) is 0 Å². The Labute approximate surface area is 171 Å². The monoisotopic (exact) mass is 409 g/mol. The number of carbonyl (C=O) groups is 2. The Hall–Kier alpha value is -1.94. The van der Waals surface area contributed by atoms with Gasteiger partial charge in [-0.2, -0.15) is 0 Å². The lowest BCUT2D eigenvalue weighted by Crippen LogP contribution is -2.27. The van der Waals surface area contributed by atoms with Gasteiger partial charge in [0.2, 0.25) is 0 Å². The maximum atomic E-state index is 12.5. The fourth-order valence-corrected chi connectivity index (χ4v) is 2.84. The molecule has 0 amide bonds. The number of imidazole rings is 1. The van der Waals surface area contributed by atoms with Crippen LogP contribution in [0.4, 0.5) is 5.82 Å². The predicted octanol–water partition coefficient (Wildman–Crippen LogP) is 2.11. The van der Waals surface area contributed by atoms with Gasteiger partial charge in [-0.3, -0.25) is 14.2 Å². The lowest BCUT2D eigenvalue weighted by atomic mass is 9.98. The van der Waals surface area contributed by atoms with Crippen LogP contribution in [-0.4, -0.2) is 71.6 Å². The Kier molecular flexibility index (Phi) is 9.09. The van der Waals surface area contributed by atoms with Crippen LogP contribution >= 0.6 is 0 Å². The van der Waals surface area contributed by atoms with E-state index in [0.29, 0.717) is 31.2 Å². The molecule has 0 aromatic carbocycles. The zero-order valence-electron chi connectivity index (χ0n) is 17.6. The number of Topliss-reactive ketones (excluding diaryl/α,β-unsaturated/α-hetero) is 2. The van der Waals surface area contributed by atoms with Crippen molar-refractivity contribution in [1.82, 2.24) is 9.55 Å². The van der Waals surface area contributed by atoms with E-state index in [4.69, 9.17) is 14.2 Å². The summed E-state index contributed by atoms with van der Waals surface area (Å²) in [5.74, 6) is 0.0989. The Morgan fingerprint density at radius 2 is 2.10 bits per heavy atom. The molecule has 0 saturated carbocycles. The molecule has 9 heteroatoms. The van der Waals surface area contributed by atoms with Gasteiger partial charge in [0.05, 0.1) is 45.3 Å². The number of hydrogen-bond donors (Lipinski definition) is 1. The van der Waals surface area contributed by atoms with E-state index in [9.17, 15) is 14.7 Å². The van der Waals surface area contributed by atoms with Gasteiger partial charge in [0.1, 0.15) is 5.78 Å². The number of methoxy groups -OCH3 is 1.